The van der Waals surface area contributed by atoms with Crippen LogP contribution in [0.4, 0.5) is 0 Å². The second-order valence-corrected chi connectivity index (χ2v) is 6.09. The first-order chi connectivity index (χ1) is 13.0. The number of nitrogens with zero attached hydrogens (tertiary/aromatic N) is 2. The SMILES string of the molecule is O=C(O)CCc1nc2ccccc2c(=O)n1CC(=O)NCc1ccccc1. The van der Waals surface area contributed by atoms with E-state index < -0.39 is 5.97 Å². The number of aliphatic carboxylic acids is 1. The van der Waals surface area contributed by atoms with Crippen LogP contribution in [0, 0.1) is 0 Å². The predicted octanol–water partition coefficient (Wildman–Crippen LogP) is 1.73. The van der Waals surface area contributed by atoms with E-state index in [-0.39, 0.29) is 36.7 Å². The van der Waals surface area contributed by atoms with Crippen LogP contribution in [0.3, 0.4) is 0 Å². The van der Waals surface area contributed by atoms with Crippen LogP contribution in [0.2, 0.25) is 0 Å². The molecule has 1 aromatic heterocycles. The van der Waals surface area contributed by atoms with Crippen LogP contribution < -0.4 is 10.9 Å². The Kier molecular flexibility index (Phi) is 5.61. The lowest BCUT2D eigenvalue weighted by atomic mass is 10.2. The number of hydrogen-bond donors (Lipinski definition) is 2. The molecule has 3 aromatic rings. The minimum atomic E-state index is -0.988. The number of para-hydroxylation sites is 1. The summed E-state index contributed by atoms with van der Waals surface area (Å²) in [6, 6.07) is 16.2. The number of rotatable bonds is 7. The monoisotopic (exact) mass is 365 g/mol. The van der Waals surface area contributed by atoms with Crippen molar-refractivity contribution in [2.24, 2.45) is 0 Å². The molecule has 1 heterocycles. The van der Waals surface area contributed by atoms with Gasteiger partial charge in [0, 0.05) is 13.0 Å². The van der Waals surface area contributed by atoms with Crippen LogP contribution in [0.5, 0.6) is 0 Å². The number of nitrogens with one attached hydrogen (secondary N) is 1. The fraction of sp³-hybridized carbons (Fsp3) is 0.200. The molecular weight excluding hydrogens is 346 g/mol. The number of carboxylic acids is 1. The Hall–Kier alpha value is -3.48. The van der Waals surface area contributed by atoms with Gasteiger partial charge in [-0.05, 0) is 17.7 Å². The molecule has 2 aromatic carbocycles. The second kappa shape index (κ2) is 8.27. The maximum atomic E-state index is 12.8. The molecule has 0 spiro atoms. The zero-order valence-corrected chi connectivity index (χ0v) is 14.6. The fourth-order valence-electron chi connectivity index (χ4n) is 2.78. The van der Waals surface area contributed by atoms with Gasteiger partial charge in [-0.25, -0.2) is 4.98 Å². The molecule has 7 nitrogen and oxygen atoms in total. The van der Waals surface area contributed by atoms with Gasteiger partial charge in [0.25, 0.3) is 5.56 Å². The summed E-state index contributed by atoms with van der Waals surface area (Å²) in [5, 5.41) is 12.1. The summed E-state index contributed by atoms with van der Waals surface area (Å²) in [6.45, 7) is 0.137. The van der Waals surface area contributed by atoms with Crippen LogP contribution in [0.1, 0.15) is 17.8 Å². The van der Waals surface area contributed by atoms with E-state index in [0.717, 1.165) is 5.56 Å². The van der Waals surface area contributed by atoms with E-state index in [0.29, 0.717) is 17.4 Å². The van der Waals surface area contributed by atoms with Gasteiger partial charge in [-0.15, -0.1) is 0 Å². The molecule has 3 rings (SSSR count). The maximum absolute atomic E-state index is 12.8. The normalized spacial score (nSPS) is 10.7. The topological polar surface area (TPSA) is 101 Å². The summed E-state index contributed by atoms with van der Waals surface area (Å²) in [4.78, 5) is 40.5. The van der Waals surface area contributed by atoms with Crippen molar-refractivity contribution in [2.45, 2.75) is 25.9 Å². The van der Waals surface area contributed by atoms with Crippen LogP contribution in [0.25, 0.3) is 10.9 Å². The molecular formula is C20H19N3O4. The molecule has 1 amide bonds. The Labute approximate surface area is 155 Å². The third kappa shape index (κ3) is 4.58. The summed E-state index contributed by atoms with van der Waals surface area (Å²) in [7, 11) is 0. The average Bonchev–Trinajstić information content (AvgIpc) is 2.68. The van der Waals surface area contributed by atoms with Crippen molar-refractivity contribution in [3.8, 4) is 0 Å². The highest BCUT2D eigenvalue weighted by Gasteiger charge is 2.14. The highest BCUT2D eigenvalue weighted by Crippen LogP contribution is 2.09. The number of amides is 1. The molecule has 0 bridgehead atoms. The van der Waals surface area contributed by atoms with E-state index in [2.05, 4.69) is 10.3 Å². The molecule has 0 saturated carbocycles. The number of carbonyl (C=O) groups excluding carboxylic acids is 1. The largest absolute Gasteiger partial charge is 0.481 e. The summed E-state index contributed by atoms with van der Waals surface area (Å²) in [5.74, 6) is -1.04. The number of aryl methyl sites for hydroxylation is 1. The minimum Gasteiger partial charge on any atom is -0.481 e. The van der Waals surface area contributed by atoms with Gasteiger partial charge in [-0.2, -0.15) is 0 Å². The van der Waals surface area contributed by atoms with Crippen LogP contribution in [-0.4, -0.2) is 26.5 Å². The molecule has 0 radical (unpaired) electrons. The smallest absolute Gasteiger partial charge is 0.303 e. The number of carboxylic acid groups (broad SMARTS) is 1. The van der Waals surface area contributed by atoms with Crippen LogP contribution in [-0.2, 0) is 29.1 Å². The summed E-state index contributed by atoms with van der Waals surface area (Å²) in [5.41, 5.74) is 1.08. The van der Waals surface area contributed by atoms with E-state index in [1.54, 1.807) is 24.3 Å². The van der Waals surface area contributed by atoms with Crippen molar-refractivity contribution in [3.63, 3.8) is 0 Å². The first-order valence-electron chi connectivity index (χ1n) is 8.55. The van der Waals surface area contributed by atoms with Gasteiger partial charge in [0.1, 0.15) is 12.4 Å². The molecule has 0 aliphatic heterocycles. The molecule has 0 fully saturated rings. The number of aromatic nitrogens is 2. The van der Waals surface area contributed by atoms with E-state index in [9.17, 15) is 14.4 Å². The van der Waals surface area contributed by atoms with Gasteiger partial charge in [0.05, 0.1) is 17.3 Å². The van der Waals surface area contributed by atoms with Gasteiger partial charge >= 0.3 is 5.97 Å². The lowest BCUT2D eigenvalue weighted by Gasteiger charge is -2.13. The molecule has 0 aliphatic carbocycles. The lowest BCUT2D eigenvalue weighted by Crippen LogP contribution is -2.34. The van der Waals surface area contributed by atoms with E-state index in [4.69, 9.17) is 5.11 Å². The van der Waals surface area contributed by atoms with Gasteiger partial charge in [0.2, 0.25) is 5.91 Å². The van der Waals surface area contributed by atoms with Crippen LogP contribution in [0.15, 0.2) is 59.4 Å². The molecule has 0 saturated heterocycles. The third-order valence-corrected chi connectivity index (χ3v) is 4.14. The van der Waals surface area contributed by atoms with Crippen LogP contribution >= 0.6 is 0 Å². The Balaban J connectivity index is 1.85. The number of fused-ring (bicyclic) bond motifs is 1. The zero-order valence-electron chi connectivity index (χ0n) is 14.6. The van der Waals surface area contributed by atoms with Gasteiger partial charge in [-0.1, -0.05) is 42.5 Å². The number of hydrogen-bond acceptors (Lipinski definition) is 4. The van der Waals surface area contributed by atoms with Gasteiger partial charge < -0.3 is 10.4 Å². The summed E-state index contributed by atoms with van der Waals surface area (Å²) >= 11 is 0. The minimum absolute atomic E-state index is 0.0708. The highest BCUT2D eigenvalue weighted by molar-refractivity contribution is 5.79. The van der Waals surface area contributed by atoms with E-state index >= 15 is 0 Å². The molecule has 27 heavy (non-hydrogen) atoms. The van der Waals surface area contributed by atoms with Gasteiger partial charge in [-0.3, -0.25) is 19.0 Å². The van der Waals surface area contributed by atoms with E-state index in [1.165, 1.54) is 4.57 Å². The molecule has 2 N–H and O–H groups in total. The van der Waals surface area contributed by atoms with Crippen molar-refractivity contribution in [1.29, 1.82) is 0 Å². The van der Waals surface area contributed by atoms with E-state index in [1.807, 2.05) is 30.3 Å². The predicted molar refractivity (Wildman–Crippen MR) is 100 cm³/mol. The summed E-state index contributed by atoms with van der Waals surface area (Å²) in [6.07, 6.45) is -0.0994. The second-order valence-electron chi connectivity index (χ2n) is 6.09. The standard InChI is InChI=1S/C20H19N3O4/c24-18(21-12-14-6-2-1-3-7-14)13-23-17(10-11-19(25)26)22-16-9-5-4-8-15(16)20(23)27/h1-9H,10-13H2,(H,21,24)(H,25,26). The first-order valence-corrected chi connectivity index (χ1v) is 8.55. The van der Waals surface area contributed by atoms with Gasteiger partial charge in [0.15, 0.2) is 0 Å². The Morgan fingerprint density at radius 2 is 1.74 bits per heavy atom. The Bertz CT molecular complexity index is 1030. The third-order valence-electron chi connectivity index (χ3n) is 4.14. The highest BCUT2D eigenvalue weighted by atomic mass is 16.4. The van der Waals surface area contributed by atoms with Crippen molar-refractivity contribution in [2.75, 3.05) is 0 Å². The maximum Gasteiger partial charge on any atom is 0.303 e. The Morgan fingerprint density at radius 1 is 1.04 bits per heavy atom. The first kappa shape index (κ1) is 18.3. The molecule has 0 unspecified atom stereocenters. The Morgan fingerprint density at radius 3 is 2.48 bits per heavy atom. The number of benzene rings is 2. The van der Waals surface area contributed by atoms with Crippen molar-refractivity contribution >= 4 is 22.8 Å². The van der Waals surface area contributed by atoms with Crippen molar-refractivity contribution in [3.05, 3.63) is 76.3 Å². The molecule has 7 heteroatoms. The zero-order chi connectivity index (χ0) is 19.2. The quantitative estimate of drug-likeness (QED) is 0.664. The average molecular weight is 365 g/mol. The number of carbonyl (C=O) groups is 2. The molecule has 0 aliphatic rings. The van der Waals surface area contributed by atoms with Crippen molar-refractivity contribution in [1.82, 2.24) is 14.9 Å². The lowest BCUT2D eigenvalue weighted by molar-refractivity contribution is -0.137. The fourth-order valence-corrected chi connectivity index (χ4v) is 2.78. The van der Waals surface area contributed by atoms with Crippen molar-refractivity contribution < 1.29 is 14.7 Å². The summed E-state index contributed by atoms with van der Waals surface area (Å²) < 4.78 is 1.26. The molecule has 138 valence electrons. The molecule has 0 atom stereocenters.